The van der Waals surface area contributed by atoms with Gasteiger partial charge < -0.3 is 9.67 Å². The third kappa shape index (κ3) is 2.14. The molecule has 0 amide bonds. The van der Waals surface area contributed by atoms with Gasteiger partial charge in [0.05, 0.1) is 18.1 Å². The first-order chi connectivity index (χ1) is 8.97. The van der Waals surface area contributed by atoms with E-state index in [9.17, 15) is 9.59 Å². The van der Waals surface area contributed by atoms with Crippen LogP contribution in [0.5, 0.6) is 0 Å². The van der Waals surface area contributed by atoms with Crippen molar-refractivity contribution >= 4 is 17.0 Å². The van der Waals surface area contributed by atoms with Gasteiger partial charge in [-0.25, -0.2) is 4.98 Å². The number of carbonyl (C=O) groups is 1. The van der Waals surface area contributed by atoms with Crippen LogP contribution in [0, 0.1) is 13.8 Å². The van der Waals surface area contributed by atoms with Gasteiger partial charge in [-0.2, -0.15) is 0 Å². The maximum Gasteiger partial charge on any atom is 0.305 e. The second-order valence-electron chi connectivity index (χ2n) is 4.54. The Hall–Kier alpha value is -2.11. The minimum absolute atomic E-state index is 0.0837. The van der Waals surface area contributed by atoms with Crippen molar-refractivity contribution in [3.8, 4) is 0 Å². The average molecular weight is 263 g/mol. The Kier molecular flexibility index (Phi) is 3.42. The lowest BCUT2D eigenvalue weighted by atomic mass is 10.2. The van der Waals surface area contributed by atoms with Crippen LogP contribution in [0.3, 0.4) is 0 Å². The smallest absolute Gasteiger partial charge is 0.305 e. The molecule has 0 atom stereocenters. The predicted octanol–water partition coefficient (Wildman–Crippen LogP) is 1.31. The molecule has 0 aliphatic carbocycles. The van der Waals surface area contributed by atoms with E-state index in [1.54, 1.807) is 0 Å². The van der Waals surface area contributed by atoms with Crippen LogP contribution < -0.4 is 5.56 Å². The van der Waals surface area contributed by atoms with Gasteiger partial charge in [-0.15, -0.1) is 0 Å². The van der Waals surface area contributed by atoms with Crippen molar-refractivity contribution in [1.82, 2.24) is 14.1 Å². The lowest BCUT2D eigenvalue weighted by molar-refractivity contribution is -0.137. The van der Waals surface area contributed by atoms with E-state index in [-0.39, 0.29) is 18.5 Å². The van der Waals surface area contributed by atoms with Gasteiger partial charge in [-0.05, 0) is 26.3 Å². The van der Waals surface area contributed by atoms with Crippen LogP contribution in [-0.2, 0) is 17.9 Å². The molecular weight excluding hydrogens is 246 g/mol. The van der Waals surface area contributed by atoms with E-state index in [2.05, 4.69) is 4.98 Å². The number of carboxylic acid groups (broad SMARTS) is 1. The Balaban J connectivity index is 2.62. The number of nitrogens with zero attached hydrogens (tertiary/aromatic N) is 3. The van der Waals surface area contributed by atoms with E-state index in [1.807, 2.05) is 25.3 Å². The largest absolute Gasteiger partial charge is 0.481 e. The minimum atomic E-state index is -0.925. The van der Waals surface area contributed by atoms with Crippen LogP contribution >= 0.6 is 0 Å². The van der Waals surface area contributed by atoms with Crippen LogP contribution in [0.15, 0.2) is 11.1 Å². The summed E-state index contributed by atoms with van der Waals surface area (Å²) in [6.07, 6.45) is 1.35. The van der Waals surface area contributed by atoms with Crippen molar-refractivity contribution in [1.29, 1.82) is 0 Å². The summed E-state index contributed by atoms with van der Waals surface area (Å²) in [4.78, 5) is 27.2. The second-order valence-corrected chi connectivity index (χ2v) is 4.54. The summed E-state index contributed by atoms with van der Waals surface area (Å²) < 4.78 is 3.36. The fourth-order valence-electron chi connectivity index (χ4n) is 2.32. The highest BCUT2D eigenvalue weighted by Gasteiger charge is 2.15. The fraction of sp³-hybridized carbons (Fsp3) is 0.462. The molecule has 2 aromatic heterocycles. The van der Waals surface area contributed by atoms with Crippen molar-refractivity contribution < 1.29 is 9.90 Å². The van der Waals surface area contributed by atoms with Crippen molar-refractivity contribution in [2.75, 3.05) is 0 Å². The highest BCUT2D eigenvalue weighted by Crippen LogP contribution is 2.20. The third-order valence-corrected chi connectivity index (χ3v) is 3.48. The fourth-order valence-corrected chi connectivity index (χ4v) is 2.32. The first-order valence-corrected chi connectivity index (χ1v) is 6.24. The van der Waals surface area contributed by atoms with Crippen molar-refractivity contribution in [3.05, 3.63) is 27.9 Å². The molecule has 0 aliphatic heterocycles. The zero-order valence-electron chi connectivity index (χ0n) is 11.3. The molecule has 0 unspecified atom stereocenters. The first-order valence-electron chi connectivity index (χ1n) is 6.24. The standard InChI is InChI=1S/C13H17N3O3/c1-4-16-9(3)8(2)11-12(16)14-7-15(13(11)19)6-5-10(17)18/h7H,4-6H2,1-3H3,(H,17,18). The Morgan fingerprint density at radius 2 is 2.11 bits per heavy atom. The molecule has 1 N–H and O–H groups in total. The number of fused-ring (bicyclic) bond motifs is 1. The van der Waals surface area contributed by atoms with E-state index in [0.29, 0.717) is 11.0 Å². The van der Waals surface area contributed by atoms with Gasteiger partial charge in [0.15, 0.2) is 0 Å². The van der Waals surface area contributed by atoms with Crippen LogP contribution in [0.1, 0.15) is 24.6 Å². The Bertz CT molecular complexity index is 697. The number of carboxylic acids is 1. The number of rotatable bonds is 4. The molecule has 0 aliphatic rings. The van der Waals surface area contributed by atoms with E-state index in [0.717, 1.165) is 17.8 Å². The topological polar surface area (TPSA) is 77.1 Å². The molecule has 0 bridgehead atoms. The molecule has 2 rings (SSSR count). The van der Waals surface area contributed by atoms with Crippen molar-refractivity contribution in [2.24, 2.45) is 0 Å². The third-order valence-electron chi connectivity index (χ3n) is 3.48. The Morgan fingerprint density at radius 3 is 2.68 bits per heavy atom. The van der Waals surface area contributed by atoms with Crippen LogP contribution in [0.25, 0.3) is 11.0 Å². The van der Waals surface area contributed by atoms with Crippen LogP contribution in [-0.4, -0.2) is 25.2 Å². The monoisotopic (exact) mass is 263 g/mol. The summed E-state index contributed by atoms with van der Waals surface area (Å²) in [6.45, 7) is 6.76. The van der Waals surface area contributed by atoms with E-state index in [4.69, 9.17) is 5.11 Å². The molecule has 2 heterocycles. The molecule has 0 aromatic carbocycles. The van der Waals surface area contributed by atoms with Crippen LogP contribution in [0.4, 0.5) is 0 Å². The van der Waals surface area contributed by atoms with Crippen LogP contribution in [0.2, 0.25) is 0 Å². The summed E-state index contributed by atoms with van der Waals surface area (Å²) in [6, 6.07) is 0. The molecule has 0 saturated heterocycles. The van der Waals surface area contributed by atoms with E-state index < -0.39 is 5.97 Å². The first kappa shape index (κ1) is 13.3. The zero-order valence-corrected chi connectivity index (χ0v) is 11.3. The molecule has 6 heteroatoms. The zero-order chi connectivity index (χ0) is 14.2. The van der Waals surface area contributed by atoms with Crippen molar-refractivity contribution in [2.45, 2.75) is 40.3 Å². The van der Waals surface area contributed by atoms with Gasteiger partial charge in [0.2, 0.25) is 0 Å². The molecule has 0 saturated carbocycles. The average Bonchev–Trinajstić information content (AvgIpc) is 2.61. The van der Waals surface area contributed by atoms with E-state index >= 15 is 0 Å². The SMILES string of the molecule is CCn1c(C)c(C)c2c(=O)n(CCC(=O)O)cnc21. The summed E-state index contributed by atoms with van der Waals surface area (Å²) in [5.41, 5.74) is 2.45. The van der Waals surface area contributed by atoms with Gasteiger partial charge in [0.25, 0.3) is 5.56 Å². The maximum absolute atomic E-state index is 12.4. The molecular formula is C13H17N3O3. The molecule has 2 aromatic rings. The van der Waals surface area contributed by atoms with Gasteiger partial charge in [-0.3, -0.25) is 14.2 Å². The number of hydrogen-bond donors (Lipinski definition) is 1. The lowest BCUT2D eigenvalue weighted by Crippen LogP contribution is -2.22. The highest BCUT2D eigenvalue weighted by molar-refractivity contribution is 5.80. The summed E-state index contributed by atoms with van der Waals surface area (Å²) >= 11 is 0. The molecule has 0 fully saturated rings. The molecule has 0 radical (unpaired) electrons. The van der Waals surface area contributed by atoms with Crippen molar-refractivity contribution in [3.63, 3.8) is 0 Å². The molecule has 102 valence electrons. The van der Waals surface area contributed by atoms with Gasteiger partial charge >= 0.3 is 5.97 Å². The minimum Gasteiger partial charge on any atom is -0.481 e. The second kappa shape index (κ2) is 4.87. The summed E-state index contributed by atoms with van der Waals surface area (Å²) in [7, 11) is 0. The van der Waals surface area contributed by atoms with Gasteiger partial charge in [0, 0.05) is 18.8 Å². The number of aromatic nitrogens is 3. The quantitative estimate of drug-likeness (QED) is 0.902. The molecule has 6 nitrogen and oxygen atoms in total. The summed E-state index contributed by atoms with van der Waals surface area (Å²) in [5.74, 6) is -0.925. The van der Waals surface area contributed by atoms with E-state index in [1.165, 1.54) is 10.9 Å². The Labute approximate surface area is 110 Å². The number of aryl methyl sites for hydroxylation is 3. The number of hydrogen-bond acceptors (Lipinski definition) is 3. The summed E-state index contributed by atoms with van der Waals surface area (Å²) in [5, 5.41) is 9.27. The normalized spacial score (nSPS) is 11.1. The van der Waals surface area contributed by atoms with Gasteiger partial charge in [-0.1, -0.05) is 0 Å². The van der Waals surface area contributed by atoms with Gasteiger partial charge in [0.1, 0.15) is 5.65 Å². The molecule has 19 heavy (non-hydrogen) atoms. The predicted molar refractivity (Wildman–Crippen MR) is 71.4 cm³/mol. The maximum atomic E-state index is 12.4. The highest BCUT2D eigenvalue weighted by atomic mass is 16.4. The number of aliphatic carboxylic acids is 1. The lowest BCUT2D eigenvalue weighted by Gasteiger charge is -2.05. The Morgan fingerprint density at radius 1 is 1.42 bits per heavy atom. The molecule has 0 spiro atoms.